The topological polar surface area (TPSA) is 51.8 Å². The van der Waals surface area contributed by atoms with Crippen LogP contribution in [0.5, 0.6) is 0 Å². The molecule has 0 aliphatic carbocycles. The van der Waals surface area contributed by atoms with Gasteiger partial charge in [0.1, 0.15) is 5.69 Å². The van der Waals surface area contributed by atoms with Crippen molar-refractivity contribution >= 4 is 0 Å². The number of pyridine rings is 1. The molecule has 0 aliphatic rings. The monoisotopic (exact) mass is 223 g/mol. The largest absolute Gasteiger partial charge is 0.463 e. The summed E-state index contributed by atoms with van der Waals surface area (Å²) in [5, 5.41) is 0. The average molecular weight is 223 g/mol. The Balaban J connectivity index is 2.06. The lowest BCUT2D eigenvalue weighted by atomic mass is 10.2. The van der Waals surface area contributed by atoms with Crippen LogP contribution in [0.2, 0.25) is 0 Å². The first-order valence-electron chi connectivity index (χ1n) is 5.21. The van der Waals surface area contributed by atoms with Gasteiger partial charge in [-0.25, -0.2) is 9.97 Å². The standard InChI is InChI=1S/C13H9N3O/c1-3-10(9-14-6-1)13-15-7-5-11(16-13)12-4-2-8-17-12/h1-9H. The lowest BCUT2D eigenvalue weighted by molar-refractivity contribution is 0.580. The van der Waals surface area contributed by atoms with Gasteiger partial charge in [-0.05, 0) is 30.3 Å². The number of rotatable bonds is 2. The Hall–Kier alpha value is -2.49. The summed E-state index contributed by atoms with van der Waals surface area (Å²) in [7, 11) is 0. The predicted molar refractivity (Wildman–Crippen MR) is 63.0 cm³/mol. The summed E-state index contributed by atoms with van der Waals surface area (Å²) in [5.74, 6) is 1.38. The molecule has 3 aromatic rings. The fourth-order valence-electron chi connectivity index (χ4n) is 1.55. The van der Waals surface area contributed by atoms with E-state index in [1.54, 1.807) is 24.9 Å². The zero-order valence-electron chi connectivity index (χ0n) is 8.95. The van der Waals surface area contributed by atoms with Gasteiger partial charge in [0.05, 0.1) is 6.26 Å². The molecule has 0 radical (unpaired) electrons. The zero-order chi connectivity index (χ0) is 11.5. The fourth-order valence-corrected chi connectivity index (χ4v) is 1.55. The summed E-state index contributed by atoms with van der Waals surface area (Å²) in [6, 6.07) is 9.31. The van der Waals surface area contributed by atoms with Crippen molar-refractivity contribution in [2.24, 2.45) is 0 Å². The molecule has 4 nitrogen and oxygen atoms in total. The molecule has 0 saturated carbocycles. The maximum absolute atomic E-state index is 5.30. The van der Waals surface area contributed by atoms with Crippen LogP contribution < -0.4 is 0 Å². The van der Waals surface area contributed by atoms with Crippen molar-refractivity contribution in [1.29, 1.82) is 0 Å². The third kappa shape index (κ3) is 1.92. The fraction of sp³-hybridized carbons (Fsp3) is 0. The minimum absolute atomic E-state index is 0.645. The molecule has 0 amide bonds. The molecule has 0 aromatic carbocycles. The molecule has 0 unspecified atom stereocenters. The van der Waals surface area contributed by atoms with Crippen LogP contribution in [0, 0.1) is 0 Å². The molecule has 3 aromatic heterocycles. The normalized spacial score (nSPS) is 10.4. The molecule has 3 rings (SSSR count). The number of furan rings is 1. The highest BCUT2D eigenvalue weighted by atomic mass is 16.3. The van der Waals surface area contributed by atoms with Gasteiger partial charge in [0.15, 0.2) is 11.6 Å². The van der Waals surface area contributed by atoms with Gasteiger partial charge in [0, 0.05) is 24.2 Å². The first kappa shape index (κ1) is 9.72. The first-order valence-corrected chi connectivity index (χ1v) is 5.21. The Morgan fingerprint density at radius 1 is 1.00 bits per heavy atom. The predicted octanol–water partition coefficient (Wildman–Crippen LogP) is 2.80. The highest BCUT2D eigenvalue weighted by Gasteiger charge is 2.05. The van der Waals surface area contributed by atoms with Gasteiger partial charge in [-0.15, -0.1) is 0 Å². The van der Waals surface area contributed by atoms with Crippen LogP contribution in [0.4, 0.5) is 0 Å². The molecule has 0 atom stereocenters. The molecular formula is C13H9N3O. The molecule has 0 fully saturated rings. The summed E-state index contributed by atoms with van der Waals surface area (Å²) in [4.78, 5) is 12.7. The quantitative estimate of drug-likeness (QED) is 0.670. The molecule has 0 aliphatic heterocycles. The van der Waals surface area contributed by atoms with E-state index in [0.717, 1.165) is 17.0 Å². The van der Waals surface area contributed by atoms with Crippen LogP contribution in [0.3, 0.4) is 0 Å². The number of aromatic nitrogens is 3. The third-order valence-electron chi connectivity index (χ3n) is 2.35. The van der Waals surface area contributed by atoms with E-state index < -0.39 is 0 Å². The van der Waals surface area contributed by atoms with Gasteiger partial charge < -0.3 is 4.42 Å². The van der Waals surface area contributed by atoms with Crippen molar-refractivity contribution in [1.82, 2.24) is 15.0 Å². The van der Waals surface area contributed by atoms with Crippen LogP contribution in [-0.4, -0.2) is 15.0 Å². The highest BCUT2D eigenvalue weighted by molar-refractivity contribution is 5.58. The summed E-state index contributed by atoms with van der Waals surface area (Å²) in [5.41, 5.74) is 1.66. The average Bonchev–Trinajstić information content (AvgIpc) is 2.94. The van der Waals surface area contributed by atoms with Gasteiger partial charge in [0.2, 0.25) is 0 Å². The molecular weight excluding hydrogens is 214 g/mol. The van der Waals surface area contributed by atoms with E-state index in [1.807, 2.05) is 30.3 Å². The second kappa shape index (κ2) is 4.17. The van der Waals surface area contributed by atoms with E-state index >= 15 is 0 Å². The minimum Gasteiger partial charge on any atom is -0.463 e. The van der Waals surface area contributed by atoms with Gasteiger partial charge in [0.25, 0.3) is 0 Å². The second-order valence-electron chi connectivity index (χ2n) is 3.48. The molecule has 0 spiro atoms. The van der Waals surface area contributed by atoms with Gasteiger partial charge >= 0.3 is 0 Å². The van der Waals surface area contributed by atoms with Crippen molar-refractivity contribution in [3.8, 4) is 22.8 Å². The van der Waals surface area contributed by atoms with Crippen molar-refractivity contribution in [3.63, 3.8) is 0 Å². The van der Waals surface area contributed by atoms with Gasteiger partial charge in [-0.1, -0.05) is 0 Å². The smallest absolute Gasteiger partial charge is 0.161 e. The van der Waals surface area contributed by atoms with E-state index in [1.165, 1.54) is 0 Å². The Morgan fingerprint density at radius 3 is 2.76 bits per heavy atom. The summed E-state index contributed by atoms with van der Waals surface area (Å²) in [6.07, 6.45) is 6.80. The maximum atomic E-state index is 5.30. The molecule has 0 N–H and O–H groups in total. The van der Waals surface area contributed by atoms with E-state index in [0.29, 0.717) is 5.82 Å². The highest BCUT2D eigenvalue weighted by Crippen LogP contribution is 2.20. The number of hydrogen-bond donors (Lipinski definition) is 0. The molecule has 82 valence electrons. The van der Waals surface area contributed by atoms with Crippen LogP contribution in [-0.2, 0) is 0 Å². The van der Waals surface area contributed by atoms with Gasteiger partial charge in [-0.2, -0.15) is 0 Å². The van der Waals surface area contributed by atoms with Crippen molar-refractivity contribution in [3.05, 3.63) is 55.2 Å². The summed E-state index contributed by atoms with van der Waals surface area (Å²) in [6.45, 7) is 0. The SMILES string of the molecule is c1cncc(-c2nccc(-c3ccco3)n2)c1. The number of hydrogen-bond acceptors (Lipinski definition) is 4. The lowest BCUT2D eigenvalue weighted by Gasteiger charge is -2.00. The Labute approximate surface area is 98.0 Å². The Morgan fingerprint density at radius 2 is 2.00 bits per heavy atom. The lowest BCUT2D eigenvalue weighted by Crippen LogP contribution is -1.90. The number of nitrogens with zero attached hydrogens (tertiary/aromatic N) is 3. The van der Waals surface area contributed by atoms with Crippen molar-refractivity contribution in [2.45, 2.75) is 0 Å². The molecule has 0 saturated heterocycles. The molecule has 4 heteroatoms. The molecule has 0 bridgehead atoms. The van der Waals surface area contributed by atoms with Crippen molar-refractivity contribution in [2.75, 3.05) is 0 Å². The Kier molecular flexibility index (Phi) is 2.38. The second-order valence-corrected chi connectivity index (χ2v) is 3.48. The van der Waals surface area contributed by atoms with E-state index in [4.69, 9.17) is 4.42 Å². The van der Waals surface area contributed by atoms with E-state index in [-0.39, 0.29) is 0 Å². The van der Waals surface area contributed by atoms with E-state index in [2.05, 4.69) is 15.0 Å². The maximum Gasteiger partial charge on any atom is 0.161 e. The summed E-state index contributed by atoms with van der Waals surface area (Å²) >= 11 is 0. The van der Waals surface area contributed by atoms with E-state index in [9.17, 15) is 0 Å². The van der Waals surface area contributed by atoms with Crippen LogP contribution in [0.15, 0.2) is 59.6 Å². The molecule has 3 heterocycles. The Bertz CT molecular complexity index is 606. The van der Waals surface area contributed by atoms with Gasteiger partial charge in [-0.3, -0.25) is 4.98 Å². The molecule has 17 heavy (non-hydrogen) atoms. The van der Waals surface area contributed by atoms with Crippen LogP contribution >= 0.6 is 0 Å². The third-order valence-corrected chi connectivity index (χ3v) is 2.35. The van der Waals surface area contributed by atoms with Crippen LogP contribution in [0.1, 0.15) is 0 Å². The first-order chi connectivity index (χ1) is 8.43. The van der Waals surface area contributed by atoms with Crippen LogP contribution in [0.25, 0.3) is 22.8 Å². The minimum atomic E-state index is 0.645. The summed E-state index contributed by atoms with van der Waals surface area (Å²) < 4.78 is 5.30. The zero-order valence-corrected chi connectivity index (χ0v) is 8.95. The van der Waals surface area contributed by atoms with Crippen molar-refractivity contribution < 1.29 is 4.42 Å².